The summed E-state index contributed by atoms with van der Waals surface area (Å²) in [4.78, 5) is 11.8. The molecule has 0 aromatic heterocycles. The Kier molecular flexibility index (Phi) is 4.89. The summed E-state index contributed by atoms with van der Waals surface area (Å²) in [5.41, 5.74) is 5.32. The van der Waals surface area contributed by atoms with Crippen LogP contribution in [0.4, 0.5) is 0 Å². The molecule has 1 atom stereocenters. The van der Waals surface area contributed by atoms with E-state index in [1.165, 1.54) is 0 Å². The second kappa shape index (κ2) is 5.72. The number of hydrogen-bond acceptors (Lipinski definition) is 4. The van der Waals surface area contributed by atoms with Crippen LogP contribution in [0.3, 0.4) is 0 Å². The standard InChI is InChI=1S/C10H20N2O2S/c1-8(15-2)7-12-9(13)10(11)3-5-14-6-4-10/h8H,3-7,11H2,1-2H3,(H,12,13). The normalized spacial score (nSPS) is 22.1. The van der Waals surface area contributed by atoms with Gasteiger partial charge >= 0.3 is 0 Å². The number of amides is 1. The number of carbonyl (C=O) groups is 1. The second-order valence-corrected chi connectivity index (χ2v) is 5.30. The number of rotatable bonds is 4. The van der Waals surface area contributed by atoms with Gasteiger partial charge in [0.25, 0.3) is 0 Å². The van der Waals surface area contributed by atoms with Crippen LogP contribution in [0.1, 0.15) is 19.8 Å². The third-order valence-electron chi connectivity index (χ3n) is 2.79. The Morgan fingerprint density at radius 1 is 1.60 bits per heavy atom. The van der Waals surface area contributed by atoms with Gasteiger partial charge in [0.15, 0.2) is 0 Å². The fourth-order valence-corrected chi connectivity index (χ4v) is 1.71. The maximum atomic E-state index is 11.8. The predicted octanol–water partition coefficient (Wildman–Crippen LogP) is 0.362. The lowest BCUT2D eigenvalue weighted by atomic mass is 9.90. The fourth-order valence-electron chi connectivity index (χ4n) is 1.46. The zero-order chi connectivity index (χ0) is 11.3. The molecule has 0 radical (unpaired) electrons. The topological polar surface area (TPSA) is 64.4 Å². The average Bonchev–Trinajstić information content (AvgIpc) is 2.26. The van der Waals surface area contributed by atoms with Crippen LogP contribution >= 0.6 is 11.8 Å². The van der Waals surface area contributed by atoms with Crippen LogP contribution in [0.5, 0.6) is 0 Å². The van der Waals surface area contributed by atoms with Gasteiger partial charge in [0.2, 0.25) is 5.91 Å². The molecule has 0 bridgehead atoms. The van der Waals surface area contributed by atoms with Crippen molar-refractivity contribution in [1.29, 1.82) is 0 Å². The summed E-state index contributed by atoms with van der Waals surface area (Å²) in [6, 6.07) is 0. The zero-order valence-corrected chi connectivity index (χ0v) is 10.2. The molecular weight excluding hydrogens is 212 g/mol. The highest BCUT2D eigenvalue weighted by molar-refractivity contribution is 7.99. The van der Waals surface area contributed by atoms with E-state index in [-0.39, 0.29) is 5.91 Å². The highest BCUT2D eigenvalue weighted by Crippen LogP contribution is 2.17. The van der Waals surface area contributed by atoms with Gasteiger partial charge in [-0.1, -0.05) is 6.92 Å². The smallest absolute Gasteiger partial charge is 0.240 e. The Balaban J connectivity index is 2.37. The molecule has 0 aromatic rings. The third kappa shape index (κ3) is 3.66. The van der Waals surface area contributed by atoms with Gasteiger partial charge in [-0.15, -0.1) is 0 Å². The van der Waals surface area contributed by atoms with E-state index in [0.29, 0.717) is 37.9 Å². The lowest BCUT2D eigenvalue weighted by Crippen LogP contribution is -2.57. The molecule has 4 nitrogen and oxygen atoms in total. The van der Waals surface area contributed by atoms with Gasteiger partial charge in [0, 0.05) is 25.0 Å². The van der Waals surface area contributed by atoms with Crippen LogP contribution in [-0.2, 0) is 9.53 Å². The summed E-state index contributed by atoms with van der Waals surface area (Å²) < 4.78 is 5.20. The molecule has 0 saturated carbocycles. The Bertz CT molecular complexity index is 217. The minimum Gasteiger partial charge on any atom is -0.381 e. The van der Waals surface area contributed by atoms with Crippen molar-refractivity contribution in [2.24, 2.45) is 5.73 Å². The molecule has 1 fully saturated rings. The number of carbonyl (C=O) groups excluding carboxylic acids is 1. The molecule has 1 aliphatic rings. The number of hydrogen-bond donors (Lipinski definition) is 2. The van der Waals surface area contributed by atoms with Gasteiger partial charge in [0.05, 0.1) is 5.54 Å². The first-order valence-electron chi connectivity index (χ1n) is 5.26. The van der Waals surface area contributed by atoms with Crippen LogP contribution in [0, 0.1) is 0 Å². The van der Waals surface area contributed by atoms with Crippen molar-refractivity contribution < 1.29 is 9.53 Å². The van der Waals surface area contributed by atoms with Gasteiger partial charge in [-0.05, 0) is 19.1 Å². The van der Waals surface area contributed by atoms with Crippen molar-refractivity contribution >= 4 is 17.7 Å². The molecule has 0 aliphatic carbocycles. The van der Waals surface area contributed by atoms with Gasteiger partial charge < -0.3 is 15.8 Å². The summed E-state index contributed by atoms with van der Waals surface area (Å²) in [6.45, 7) is 3.93. The van der Waals surface area contributed by atoms with Crippen LogP contribution in [0.15, 0.2) is 0 Å². The second-order valence-electron chi connectivity index (χ2n) is 4.02. The largest absolute Gasteiger partial charge is 0.381 e. The molecule has 3 N–H and O–H groups in total. The molecule has 1 saturated heterocycles. The lowest BCUT2D eigenvalue weighted by molar-refractivity contribution is -0.129. The van der Waals surface area contributed by atoms with Crippen molar-refractivity contribution in [3.63, 3.8) is 0 Å². The van der Waals surface area contributed by atoms with E-state index in [0.717, 1.165) is 0 Å². The van der Waals surface area contributed by atoms with E-state index < -0.39 is 5.54 Å². The van der Waals surface area contributed by atoms with E-state index in [1.807, 2.05) is 6.26 Å². The van der Waals surface area contributed by atoms with Crippen LogP contribution in [0.2, 0.25) is 0 Å². The van der Waals surface area contributed by atoms with Gasteiger partial charge in [-0.25, -0.2) is 0 Å². The van der Waals surface area contributed by atoms with E-state index in [2.05, 4.69) is 12.2 Å². The highest BCUT2D eigenvalue weighted by Gasteiger charge is 2.35. The number of nitrogens with one attached hydrogen (secondary N) is 1. The summed E-state index contributed by atoms with van der Waals surface area (Å²) in [7, 11) is 0. The Morgan fingerprint density at radius 2 is 2.20 bits per heavy atom. The maximum absolute atomic E-state index is 11.8. The lowest BCUT2D eigenvalue weighted by Gasteiger charge is -2.32. The van der Waals surface area contributed by atoms with E-state index >= 15 is 0 Å². The summed E-state index contributed by atoms with van der Waals surface area (Å²) in [5.74, 6) is -0.0355. The number of ether oxygens (including phenoxy) is 1. The first-order valence-corrected chi connectivity index (χ1v) is 6.55. The van der Waals surface area contributed by atoms with Gasteiger partial charge in [0.1, 0.15) is 0 Å². The van der Waals surface area contributed by atoms with Crippen LogP contribution in [-0.4, -0.2) is 42.7 Å². The third-order valence-corrected chi connectivity index (χ3v) is 3.76. The van der Waals surface area contributed by atoms with Crippen molar-refractivity contribution in [2.75, 3.05) is 26.0 Å². The molecule has 1 aliphatic heterocycles. The molecule has 1 heterocycles. The maximum Gasteiger partial charge on any atom is 0.240 e. The van der Waals surface area contributed by atoms with Crippen molar-refractivity contribution in [3.8, 4) is 0 Å². The Morgan fingerprint density at radius 3 is 2.73 bits per heavy atom. The van der Waals surface area contributed by atoms with E-state index in [4.69, 9.17) is 10.5 Å². The summed E-state index contributed by atoms with van der Waals surface area (Å²) in [6.07, 6.45) is 3.27. The molecule has 88 valence electrons. The molecule has 1 unspecified atom stereocenters. The molecule has 5 heteroatoms. The summed E-state index contributed by atoms with van der Waals surface area (Å²) in [5, 5.41) is 3.33. The van der Waals surface area contributed by atoms with E-state index in [9.17, 15) is 4.79 Å². The highest BCUT2D eigenvalue weighted by atomic mass is 32.2. The predicted molar refractivity (Wildman–Crippen MR) is 63.0 cm³/mol. The van der Waals surface area contributed by atoms with E-state index in [1.54, 1.807) is 11.8 Å². The molecular formula is C10H20N2O2S. The Labute approximate surface area is 95.3 Å². The average molecular weight is 232 g/mol. The molecule has 0 aromatic carbocycles. The first-order chi connectivity index (χ1) is 7.08. The number of nitrogens with two attached hydrogens (primary N) is 1. The molecule has 1 amide bonds. The Hall–Kier alpha value is -0.260. The molecule has 1 rings (SSSR count). The quantitative estimate of drug-likeness (QED) is 0.734. The van der Waals surface area contributed by atoms with Crippen molar-refractivity contribution in [3.05, 3.63) is 0 Å². The van der Waals surface area contributed by atoms with Crippen LogP contribution in [0.25, 0.3) is 0 Å². The fraction of sp³-hybridized carbons (Fsp3) is 0.900. The monoisotopic (exact) mass is 232 g/mol. The minimum atomic E-state index is -0.712. The minimum absolute atomic E-state index is 0.0355. The van der Waals surface area contributed by atoms with Crippen molar-refractivity contribution in [2.45, 2.75) is 30.6 Å². The molecule has 0 spiro atoms. The number of thioether (sulfide) groups is 1. The van der Waals surface area contributed by atoms with Gasteiger partial charge in [-0.2, -0.15) is 11.8 Å². The summed E-state index contributed by atoms with van der Waals surface area (Å²) >= 11 is 1.73. The van der Waals surface area contributed by atoms with Crippen LogP contribution < -0.4 is 11.1 Å². The first kappa shape index (κ1) is 12.8. The molecule has 15 heavy (non-hydrogen) atoms. The SMILES string of the molecule is CSC(C)CNC(=O)C1(N)CCOCC1. The van der Waals surface area contributed by atoms with Crippen molar-refractivity contribution in [1.82, 2.24) is 5.32 Å². The van der Waals surface area contributed by atoms with Gasteiger partial charge in [-0.3, -0.25) is 4.79 Å². The zero-order valence-electron chi connectivity index (χ0n) is 9.41.